The van der Waals surface area contributed by atoms with Gasteiger partial charge in [-0.3, -0.25) is 0 Å². The molecule has 1 aromatic rings. The minimum atomic E-state index is 0.529. The number of nitriles is 1. The summed E-state index contributed by atoms with van der Waals surface area (Å²) >= 11 is 0. The average Bonchev–Trinajstić information content (AvgIpc) is 2.40. The van der Waals surface area contributed by atoms with Gasteiger partial charge in [0.2, 0.25) is 0 Å². The second-order valence-electron chi connectivity index (χ2n) is 4.53. The van der Waals surface area contributed by atoms with Crippen LogP contribution in [0.25, 0.3) is 0 Å². The SMILES string of the molecule is CN[C@@H]1CCOC[C@H]1Cc1ccc(C#N)cc1. The molecule has 0 saturated carbocycles. The number of rotatable bonds is 3. The largest absolute Gasteiger partial charge is 0.381 e. The molecule has 0 spiro atoms. The van der Waals surface area contributed by atoms with Crippen molar-refractivity contribution in [3.05, 3.63) is 35.4 Å². The van der Waals surface area contributed by atoms with E-state index in [9.17, 15) is 0 Å². The third kappa shape index (κ3) is 3.06. The topological polar surface area (TPSA) is 45.0 Å². The van der Waals surface area contributed by atoms with Crippen molar-refractivity contribution in [3.63, 3.8) is 0 Å². The lowest BCUT2D eigenvalue weighted by Gasteiger charge is -2.31. The minimum absolute atomic E-state index is 0.529. The van der Waals surface area contributed by atoms with Crippen molar-refractivity contribution >= 4 is 0 Å². The molecule has 1 heterocycles. The smallest absolute Gasteiger partial charge is 0.0991 e. The van der Waals surface area contributed by atoms with Gasteiger partial charge in [0.15, 0.2) is 0 Å². The summed E-state index contributed by atoms with van der Waals surface area (Å²) in [6.07, 6.45) is 2.09. The lowest BCUT2D eigenvalue weighted by atomic mass is 9.89. The molecule has 0 radical (unpaired) electrons. The molecule has 3 heteroatoms. The van der Waals surface area contributed by atoms with Crippen LogP contribution in [0, 0.1) is 17.2 Å². The maximum Gasteiger partial charge on any atom is 0.0991 e. The van der Waals surface area contributed by atoms with Gasteiger partial charge in [0, 0.05) is 18.6 Å². The first-order chi connectivity index (χ1) is 8.33. The summed E-state index contributed by atoms with van der Waals surface area (Å²) in [5.74, 6) is 0.529. The van der Waals surface area contributed by atoms with Crippen molar-refractivity contribution < 1.29 is 4.74 Å². The summed E-state index contributed by atoms with van der Waals surface area (Å²) in [5.41, 5.74) is 2.00. The van der Waals surface area contributed by atoms with E-state index in [-0.39, 0.29) is 0 Å². The van der Waals surface area contributed by atoms with Crippen molar-refractivity contribution in [3.8, 4) is 6.07 Å². The zero-order valence-corrected chi connectivity index (χ0v) is 10.1. The van der Waals surface area contributed by atoms with Crippen molar-refractivity contribution in [1.29, 1.82) is 5.26 Å². The fraction of sp³-hybridized carbons (Fsp3) is 0.500. The fourth-order valence-corrected chi connectivity index (χ4v) is 2.40. The van der Waals surface area contributed by atoms with Crippen LogP contribution in [-0.2, 0) is 11.2 Å². The van der Waals surface area contributed by atoms with Crippen LogP contribution in [0.2, 0.25) is 0 Å². The average molecular weight is 230 g/mol. The second kappa shape index (κ2) is 5.81. The van der Waals surface area contributed by atoms with Gasteiger partial charge in [-0.05, 0) is 37.6 Å². The molecule has 2 rings (SSSR count). The van der Waals surface area contributed by atoms with Gasteiger partial charge < -0.3 is 10.1 Å². The van der Waals surface area contributed by atoms with Gasteiger partial charge in [-0.15, -0.1) is 0 Å². The number of hydrogen-bond donors (Lipinski definition) is 1. The van der Waals surface area contributed by atoms with E-state index >= 15 is 0 Å². The Morgan fingerprint density at radius 2 is 2.18 bits per heavy atom. The van der Waals surface area contributed by atoms with E-state index in [1.807, 2.05) is 31.3 Å². The molecule has 1 aliphatic rings. The van der Waals surface area contributed by atoms with Crippen LogP contribution < -0.4 is 5.32 Å². The molecule has 0 amide bonds. The molecule has 2 atom stereocenters. The minimum Gasteiger partial charge on any atom is -0.381 e. The molecule has 0 bridgehead atoms. The molecule has 17 heavy (non-hydrogen) atoms. The van der Waals surface area contributed by atoms with E-state index in [0.29, 0.717) is 12.0 Å². The highest BCUT2D eigenvalue weighted by molar-refractivity contribution is 5.31. The lowest BCUT2D eigenvalue weighted by molar-refractivity contribution is 0.0342. The lowest BCUT2D eigenvalue weighted by Crippen LogP contribution is -2.41. The first-order valence-electron chi connectivity index (χ1n) is 6.07. The van der Waals surface area contributed by atoms with Gasteiger partial charge >= 0.3 is 0 Å². The third-order valence-electron chi connectivity index (χ3n) is 3.43. The van der Waals surface area contributed by atoms with Gasteiger partial charge in [0.25, 0.3) is 0 Å². The van der Waals surface area contributed by atoms with E-state index < -0.39 is 0 Å². The Morgan fingerprint density at radius 3 is 2.82 bits per heavy atom. The molecule has 3 nitrogen and oxygen atoms in total. The Bertz CT molecular complexity index is 394. The summed E-state index contributed by atoms with van der Waals surface area (Å²) in [4.78, 5) is 0. The van der Waals surface area contributed by atoms with E-state index in [1.165, 1.54) is 5.56 Å². The van der Waals surface area contributed by atoms with Crippen LogP contribution in [0.4, 0.5) is 0 Å². The molecule has 0 unspecified atom stereocenters. The Morgan fingerprint density at radius 1 is 1.41 bits per heavy atom. The molecule has 90 valence electrons. The highest BCUT2D eigenvalue weighted by Crippen LogP contribution is 2.19. The molecule has 0 aromatic heterocycles. The molecule has 1 fully saturated rings. The van der Waals surface area contributed by atoms with Gasteiger partial charge in [-0.1, -0.05) is 12.1 Å². The molecule has 1 aliphatic heterocycles. The normalized spacial score (nSPS) is 24.2. The summed E-state index contributed by atoms with van der Waals surface area (Å²) in [5, 5.41) is 12.1. The number of ether oxygens (including phenoxy) is 1. The van der Waals surface area contributed by atoms with Crippen molar-refractivity contribution in [2.24, 2.45) is 5.92 Å². The van der Waals surface area contributed by atoms with Gasteiger partial charge in [0.1, 0.15) is 0 Å². The summed E-state index contributed by atoms with van der Waals surface area (Å²) in [6, 6.07) is 10.5. The van der Waals surface area contributed by atoms with Crippen molar-refractivity contribution in [1.82, 2.24) is 5.32 Å². The van der Waals surface area contributed by atoms with Crippen LogP contribution in [0.5, 0.6) is 0 Å². The maximum absolute atomic E-state index is 8.75. The number of nitrogens with one attached hydrogen (secondary N) is 1. The summed E-state index contributed by atoms with van der Waals surface area (Å²) in [7, 11) is 2.02. The van der Waals surface area contributed by atoms with Gasteiger partial charge in [-0.25, -0.2) is 0 Å². The summed E-state index contributed by atoms with van der Waals surface area (Å²) in [6.45, 7) is 1.68. The Labute approximate surface area is 102 Å². The molecular weight excluding hydrogens is 212 g/mol. The first kappa shape index (κ1) is 12.1. The highest BCUT2D eigenvalue weighted by Gasteiger charge is 2.24. The predicted octanol–water partition coefficient (Wildman–Crippen LogP) is 1.73. The first-order valence-corrected chi connectivity index (χ1v) is 6.07. The van der Waals surface area contributed by atoms with E-state index in [4.69, 9.17) is 10.00 Å². The standard InChI is InChI=1S/C14H18N2O/c1-16-14-6-7-17-10-13(14)8-11-2-4-12(9-15)5-3-11/h2-5,13-14,16H,6-8,10H2,1H3/t13-,14-/m1/s1. The number of benzene rings is 1. The van der Waals surface area contributed by atoms with Crippen LogP contribution in [0.1, 0.15) is 17.5 Å². The molecular formula is C14H18N2O. The number of nitrogens with zero attached hydrogens (tertiary/aromatic N) is 1. The molecule has 1 saturated heterocycles. The van der Waals surface area contributed by atoms with Crippen LogP contribution in [0.15, 0.2) is 24.3 Å². The summed E-state index contributed by atoms with van der Waals surface area (Å²) < 4.78 is 5.54. The molecule has 0 aliphatic carbocycles. The highest BCUT2D eigenvalue weighted by atomic mass is 16.5. The Hall–Kier alpha value is -1.37. The van der Waals surface area contributed by atoms with Gasteiger partial charge in [-0.2, -0.15) is 5.26 Å². The van der Waals surface area contributed by atoms with Crippen LogP contribution >= 0.6 is 0 Å². The second-order valence-corrected chi connectivity index (χ2v) is 4.53. The van der Waals surface area contributed by atoms with Gasteiger partial charge in [0.05, 0.1) is 18.2 Å². The zero-order chi connectivity index (χ0) is 12.1. The van der Waals surface area contributed by atoms with Crippen LogP contribution in [-0.4, -0.2) is 26.3 Å². The predicted molar refractivity (Wildman–Crippen MR) is 66.6 cm³/mol. The molecule has 1 N–H and O–H groups in total. The molecule has 1 aromatic carbocycles. The van der Waals surface area contributed by atoms with E-state index in [2.05, 4.69) is 11.4 Å². The van der Waals surface area contributed by atoms with E-state index in [1.54, 1.807) is 0 Å². The number of hydrogen-bond acceptors (Lipinski definition) is 3. The van der Waals surface area contributed by atoms with E-state index in [0.717, 1.165) is 31.6 Å². The van der Waals surface area contributed by atoms with Crippen molar-refractivity contribution in [2.45, 2.75) is 18.9 Å². The maximum atomic E-state index is 8.75. The zero-order valence-electron chi connectivity index (χ0n) is 10.1. The van der Waals surface area contributed by atoms with Crippen LogP contribution in [0.3, 0.4) is 0 Å². The van der Waals surface area contributed by atoms with Crippen molar-refractivity contribution in [2.75, 3.05) is 20.3 Å². The monoisotopic (exact) mass is 230 g/mol. The Kier molecular flexibility index (Phi) is 4.13. The fourth-order valence-electron chi connectivity index (χ4n) is 2.40. The quantitative estimate of drug-likeness (QED) is 0.860. The third-order valence-corrected chi connectivity index (χ3v) is 3.43. The Balaban J connectivity index is 2.01.